The van der Waals surface area contributed by atoms with E-state index in [2.05, 4.69) is 20.8 Å². The van der Waals surface area contributed by atoms with Gasteiger partial charge in [0.2, 0.25) is 0 Å². The van der Waals surface area contributed by atoms with Gasteiger partial charge >= 0.3 is 0 Å². The van der Waals surface area contributed by atoms with Gasteiger partial charge in [-0.1, -0.05) is 32.9 Å². The van der Waals surface area contributed by atoms with Crippen LogP contribution in [0.2, 0.25) is 0 Å². The van der Waals surface area contributed by atoms with E-state index in [1.165, 1.54) is 0 Å². The molecule has 0 aliphatic carbocycles. The normalized spacial score (nSPS) is 13.8. The summed E-state index contributed by atoms with van der Waals surface area (Å²) in [6, 6.07) is 6.03. The second-order valence-corrected chi connectivity index (χ2v) is 5.77. The molecule has 0 unspecified atom stereocenters. The number of hydrogen-bond donors (Lipinski definition) is 1. The van der Waals surface area contributed by atoms with Gasteiger partial charge in [0.1, 0.15) is 0 Å². The van der Waals surface area contributed by atoms with E-state index in [0.29, 0.717) is 0 Å². The lowest BCUT2D eigenvalue weighted by molar-refractivity contribution is 0.318. The Hall–Kier alpha value is -1.48. The van der Waals surface area contributed by atoms with E-state index in [1.54, 1.807) is 13.4 Å². The molecule has 3 nitrogen and oxygen atoms in total. The van der Waals surface area contributed by atoms with Gasteiger partial charge in [-0.25, -0.2) is 0 Å². The molecule has 0 aliphatic heterocycles. The van der Waals surface area contributed by atoms with E-state index >= 15 is 0 Å². The van der Waals surface area contributed by atoms with Crippen LogP contribution in [0.5, 0.6) is 5.75 Å². The fraction of sp³-hybridized carbons (Fsp3) is 0.467. The Balaban J connectivity index is 2.36. The SMILES string of the molecule is COc1cccc2c(C[C@H](N)C(C)(C)C)coc12. The molecule has 1 aromatic heterocycles. The summed E-state index contributed by atoms with van der Waals surface area (Å²) in [5.41, 5.74) is 8.26. The van der Waals surface area contributed by atoms with Gasteiger partial charge in [0, 0.05) is 11.4 Å². The maximum atomic E-state index is 6.23. The number of para-hydroxylation sites is 1. The molecule has 1 heterocycles. The van der Waals surface area contributed by atoms with Crippen LogP contribution in [-0.2, 0) is 6.42 Å². The Morgan fingerprint density at radius 1 is 1.33 bits per heavy atom. The van der Waals surface area contributed by atoms with Crippen LogP contribution < -0.4 is 10.5 Å². The van der Waals surface area contributed by atoms with Crippen LogP contribution in [0.25, 0.3) is 11.0 Å². The van der Waals surface area contributed by atoms with Gasteiger partial charge in [-0.15, -0.1) is 0 Å². The van der Waals surface area contributed by atoms with Crippen molar-refractivity contribution in [3.8, 4) is 5.75 Å². The Morgan fingerprint density at radius 3 is 2.67 bits per heavy atom. The smallest absolute Gasteiger partial charge is 0.175 e. The quantitative estimate of drug-likeness (QED) is 0.904. The number of furan rings is 1. The molecule has 0 bridgehead atoms. The van der Waals surface area contributed by atoms with Crippen LogP contribution in [0.1, 0.15) is 26.3 Å². The molecule has 0 radical (unpaired) electrons. The molecule has 2 N–H and O–H groups in total. The Labute approximate surface area is 108 Å². The Bertz CT molecular complexity index is 537. The molecular weight excluding hydrogens is 226 g/mol. The van der Waals surface area contributed by atoms with Gasteiger partial charge < -0.3 is 14.9 Å². The molecular formula is C15H21NO2. The van der Waals surface area contributed by atoms with Crippen molar-refractivity contribution in [3.63, 3.8) is 0 Å². The van der Waals surface area contributed by atoms with Gasteiger partial charge in [-0.05, 0) is 23.5 Å². The maximum absolute atomic E-state index is 6.23. The maximum Gasteiger partial charge on any atom is 0.175 e. The van der Waals surface area contributed by atoms with Crippen LogP contribution in [-0.4, -0.2) is 13.2 Å². The largest absolute Gasteiger partial charge is 0.493 e. The van der Waals surface area contributed by atoms with E-state index in [1.807, 2.05) is 18.2 Å². The molecule has 0 saturated carbocycles. The third-order valence-corrected chi connectivity index (χ3v) is 3.42. The van der Waals surface area contributed by atoms with Gasteiger partial charge in [0.25, 0.3) is 0 Å². The third kappa shape index (κ3) is 2.36. The first-order chi connectivity index (χ1) is 8.43. The summed E-state index contributed by atoms with van der Waals surface area (Å²) < 4.78 is 10.9. The fourth-order valence-electron chi connectivity index (χ4n) is 1.95. The predicted octanol–water partition coefficient (Wildman–Crippen LogP) is 3.36. The molecule has 0 spiro atoms. The summed E-state index contributed by atoms with van der Waals surface area (Å²) in [6.45, 7) is 6.46. The number of hydrogen-bond acceptors (Lipinski definition) is 3. The highest BCUT2D eigenvalue weighted by molar-refractivity contribution is 5.86. The molecule has 1 atom stereocenters. The standard InChI is InChI=1S/C15H21NO2/c1-15(2,3)13(16)8-10-9-18-14-11(10)6-5-7-12(14)17-4/h5-7,9,13H,8,16H2,1-4H3/t13-/m0/s1. The molecule has 0 fully saturated rings. The van der Waals surface area contributed by atoms with Crippen LogP contribution in [0.4, 0.5) is 0 Å². The first-order valence-corrected chi connectivity index (χ1v) is 6.22. The Kier molecular flexibility index (Phi) is 3.35. The lowest BCUT2D eigenvalue weighted by Crippen LogP contribution is -2.36. The average Bonchev–Trinajstić information content (AvgIpc) is 2.71. The number of ether oxygens (including phenoxy) is 1. The lowest BCUT2D eigenvalue weighted by atomic mass is 9.84. The fourth-order valence-corrected chi connectivity index (χ4v) is 1.95. The van der Waals surface area contributed by atoms with Crippen molar-refractivity contribution in [1.82, 2.24) is 0 Å². The van der Waals surface area contributed by atoms with E-state index in [9.17, 15) is 0 Å². The first-order valence-electron chi connectivity index (χ1n) is 6.22. The van der Waals surface area contributed by atoms with Crippen LogP contribution in [0, 0.1) is 5.41 Å². The minimum absolute atomic E-state index is 0.0858. The van der Waals surface area contributed by atoms with E-state index in [0.717, 1.165) is 28.7 Å². The summed E-state index contributed by atoms with van der Waals surface area (Å²) in [6.07, 6.45) is 2.60. The third-order valence-electron chi connectivity index (χ3n) is 3.42. The van der Waals surface area contributed by atoms with E-state index in [4.69, 9.17) is 14.9 Å². The molecule has 98 valence electrons. The molecule has 2 aromatic rings. The number of benzene rings is 1. The van der Waals surface area contributed by atoms with Crippen molar-refractivity contribution >= 4 is 11.0 Å². The zero-order valence-electron chi connectivity index (χ0n) is 11.5. The van der Waals surface area contributed by atoms with Crippen LogP contribution in [0.15, 0.2) is 28.9 Å². The molecule has 18 heavy (non-hydrogen) atoms. The predicted molar refractivity (Wildman–Crippen MR) is 73.9 cm³/mol. The second-order valence-electron chi connectivity index (χ2n) is 5.77. The number of nitrogens with two attached hydrogens (primary N) is 1. The van der Waals surface area contributed by atoms with Gasteiger partial charge in [0.05, 0.1) is 13.4 Å². The molecule has 0 amide bonds. The highest BCUT2D eigenvalue weighted by atomic mass is 16.5. The van der Waals surface area contributed by atoms with E-state index in [-0.39, 0.29) is 11.5 Å². The van der Waals surface area contributed by atoms with Crippen molar-refractivity contribution < 1.29 is 9.15 Å². The summed E-state index contributed by atoms with van der Waals surface area (Å²) in [5.74, 6) is 0.767. The van der Waals surface area contributed by atoms with Gasteiger partial charge in [-0.3, -0.25) is 0 Å². The lowest BCUT2D eigenvalue weighted by Gasteiger charge is -2.26. The summed E-state index contributed by atoms with van der Waals surface area (Å²) in [5, 5.41) is 1.09. The van der Waals surface area contributed by atoms with Crippen molar-refractivity contribution in [3.05, 3.63) is 30.0 Å². The van der Waals surface area contributed by atoms with Crippen LogP contribution in [0.3, 0.4) is 0 Å². The number of fused-ring (bicyclic) bond motifs is 1. The average molecular weight is 247 g/mol. The van der Waals surface area contributed by atoms with Crippen molar-refractivity contribution in [1.29, 1.82) is 0 Å². The number of rotatable bonds is 3. The first kappa shape index (κ1) is 13.0. The molecule has 1 aromatic carbocycles. The summed E-state index contributed by atoms with van der Waals surface area (Å²) >= 11 is 0. The molecule has 3 heteroatoms. The molecule has 2 rings (SSSR count). The van der Waals surface area contributed by atoms with Gasteiger partial charge in [-0.2, -0.15) is 0 Å². The highest BCUT2D eigenvalue weighted by Crippen LogP contribution is 2.31. The zero-order chi connectivity index (χ0) is 13.3. The topological polar surface area (TPSA) is 48.4 Å². The minimum Gasteiger partial charge on any atom is -0.493 e. The highest BCUT2D eigenvalue weighted by Gasteiger charge is 2.22. The van der Waals surface area contributed by atoms with Crippen molar-refractivity contribution in [2.75, 3.05) is 7.11 Å². The molecule has 0 aliphatic rings. The monoisotopic (exact) mass is 247 g/mol. The minimum atomic E-state index is 0.0858. The van der Waals surface area contributed by atoms with E-state index < -0.39 is 0 Å². The second kappa shape index (κ2) is 4.65. The van der Waals surface area contributed by atoms with Crippen LogP contribution >= 0.6 is 0 Å². The van der Waals surface area contributed by atoms with Crippen molar-refractivity contribution in [2.24, 2.45) is 11.1 Å². The summed E-state index contributed by atoms with van der Waals surface area (Å²) in [7, 11) is 1.65. The molecule has 0 saturated heterocycles. The number of methoxy groups -OCH3 is 1. The van der Waals surface area contributed by atoms with Crippen molar-refractivity contribution in [2.45, 2.75) is 33.2 Å². The summed E-state index contributed by atoms with van der Waals surface area (Å²) in [4.78, 5) is 0. The van der Waals surface area contributed by atoms with Gasteiger partial charge in [0.15, 0.2) is 11.3 Å². The Morgan fingerprint density at radius 2 is 2.06 bits per heavy atom. The zero-order valence-corrected chi connectivity index (χ0v) is 11.5.